The van der Waals surface area contributed by atoms with Crippen molar-refractivity contribution in [2.75, 3.05) is 5.32 Å². The molecule has 3 N–H and O–H groups in total. The second-order valence-electron chi connectivity index (χ2n) is 4.89. The molecule has 0 aliphatic carbocycles. The number of anilines is 1. The van der Waals surface area contributed by atoms with Crippen molar-refractivity contribution in [1.29, 1.82) is 0 Å². The van der Waals surface area contributed by atoms with Crippen LogP contribution >= 0.6 is 0 Å². The van der Waals surface area contributed by atoms with Gasteiger partial charge in [0.15, 0.2) is 11.5 Å². The second kappa shape index (κ2) is 5.40. The summed E-state index contributed by atoms with van der Waals surface area (Å²) >= 11 is 0. The first-order valence-corrected chi connectivity index (χ1v) is 6.48. The molecule has 0 bridgehead atoms. The lowest BCUT2D eigenvalue weighted by Crippen LogP contribution is -2.34. The van der Waals surface area contributed by atoms with Gasteiger partial charge in [-0.15, -0.1) is 0 Å². The van der Waals surface area contributed by atoms with Gasteiger partial charge in [0.05, 0.1) is 6.04 Å². The van der Waals surface area contributed by atoms with E-state index in [0.29, 0.717) is 18.0 Å². The number of hydrogen-bond donors (Lipinski definition) is 2. The lowest BCUT2D eigenvalue weighted by atomic mass is 10.2. The molecule has 5 heteroatoms. The summed E-state index contributed by atoms with van der Waals surface area (Å²) in [5.41, 5.74) is 7.83. The van der Waals surface area contributed by atoms with Gasteiger partial charge in [0.1, 0.15) is 5.52 Å². The van der Waals surface area contributed by atoms with Crippen LogP contribution in [0.5, 0.6) is 0 Å². The van der Waals surface area contributed by atoms with Crippen LogP contribution in [0.4, 0.5) is 5.69 Å². The van der Waals surface area contributed by atoms with E-state index in [9.17, 15) is 4.79 Å². The Morgan fingerprint density at radius 2 is 2.21 bits per heavy atom. The molecule has 1 atom stereocenters. The van der Waals surface area contributed by atoms with Crippen molar-refractivity contribution in [2.45, 2.75) is 39.2 Å². The van der Waals surface area contributed by atoms with Crippen molar-refractivity contribution in [1.82, 2.24) is 4.98 Å². The molecular formula is C14H19N3O2. The van der Waals surface area contributed by atoms with Gasteiger partial charge in [-0.25, -0.2) is 4.98 Å². The highest BCUT2D eigenvalue weighted by Gasteiger charge is 2.13. The first-order chi connectivity index (χ1) is 9.01. The molecule has 1 amide bonds. The maximum absolute atomic E-state index is 11.7. The molecule has 1 unspecified atom stereocenters. The molecule has 0 spiro atoms. The summed E-state index contributed by atoms with van der Waals surface area (Å²) in [4.78, 5) is 16.1. The molecular weight excluding hydrogens is 242 g/mol. The average molecular weight is 261 g/mol. The fraction of sp³-hybridized carbons (Fsp3) is 0.429. The van der Waals surface area contributed by atoms with E-state index in [4.69, 9.17) is 10.2 Å². The van der Waals surface area contributed by atoms with Crippen molar-refractivity contribution < 1.29 is 9.21 Å². The predicted molar refractivity (Wildman–Crippen MR) is 75.0 cm³/mol. The minimum absolute atomic E-state index is 0.186. The van der Waals surface area contributed by atoms with Gasteiger partial charge in [0.2, 0.25) is 5.91 Å². The van der Waals surface area contributed by atoms with E-state index in [1.807, 2.05) is 20.8 Å². The van der Waals surface area contributed by atoms with Crippen LogP contribution in [0.15, 0.2) is 22.6 Å². The summed E-state index contributed by atoms with van der Waals surface area (Å²) in [7, 11) is 0. The lowest BCUT2D eigenvalue weighted by Gasteiger charge is -2.09. The molecule has 0 saturated carbocycles. The number of hydrogen-bond acceptors (Lipinski definition) is 4. The van der Waals surface area contributed by atoms with E-state index in [1.165, 1.54) is 0 Å². The van der Waals surface area contributed by atoms with Crippen LogP contribution in [-0.2, 0) is 4.79 Å². The Labute approximate surface area is 112 Å². The van der Waals surface area contributed by atoms with E-state index in [0.717, 1.165) is 11.1 Å². The van der Waals surface area contributed by atoms with Crippen molar-refractivity contribution in [3.8, 4) is 0 Å². The van der Waals surface area contributed by atoms with Gasteiger partial charge in [0, 0.05) is 11.6 Å². The number of carbonyl (C=O) groups is 1. The summed E-state index contributed by atoms with van der Waals surface area (Å²) in [5.74, 6) is 0.747. The summed E-state index contributed by atoms with van der Waals surface area (Å²) < 4.78 is 5.61. The molecule has 0 radical (unpaired) electrons. The molecule has 0 fully saturated rings. The number of nitrogens with zero attached hydrogens (tertiary/aromatic N) is 1. The molecule has 0 saturated heterocycles. The summed E-state index contributed by atoms with van der Waals surface area (Å²) in [6.45, 7) is 5.92. The SMILES string of the molecule is CCC(N)C(=O)Nc1ccc2oc(C(C)C)nc2c1. The number of fused-ring (bicyclic) bond motifs is 1. The highest BCUT2D eigenvalue weighted by molar-refractivity contribution is 5.96. The fourth-order valence-corrected chi connectivity index (χ4v) is 1.69. The second-order valence-corrected chi connectivity index (χ2v) is 4.89. The third kappa shape index (κ3) is 2.93. The lowest BCUT2D eigenvalue weighted by molar-refractivity contribution is -0.117. The van der Waals surface area contributed by atoms with Gasteiger partial charge in [0.25, 0.3) is 0 Å². The molecule has 0 aliphatic rings. The van der Waals surface area contributed by atoms with Gasteiger partial charge in [-0.1, -0.05) is 20.8 Å². The number of rotatable bonds is 4. The third-order valence-corrected chi connectivity index (χ3v) is 2.94. The monoisotopic (exact) mass is 261 g/mol. The van der Waals surface area contributed by atoms with Gasteiger partial charge in [-0.05, 0) is 24.6 Å². The zero-order chi connectivity index (χ0) is 14.0. The largest absolute Gasteiger partial charge is 0.440 e. The molecule has 0 aliphatic heterocycles. The van der Waals surface area contributed by atoms with Crippen LogP contribution in [0.25, 0.3) is 11.1 Å². The van der Waals surface area contributed by atoms with Crippen molar-refractivity contribution in [2.24, 2.45) is 5.73 Å². The van der Waals surface area contributed by atoms with E-state index in [2.05, 4.69) is 10.3 Å². The Hall–Kier alpha value is -1.88. The van der Waals surface area contributed by atoms with Crippen molar-refractivity contribution in [3.05, 3.63) is 24.1 Å². The Morgan fingerprint density at radius 1 is 1.47 bits per heavy atom. The molecule has 2 rings (SSSR count). The molecule has 19 heavy (non-hydrogen) atoms. The highest BCUT2D eigenvalue weighted by Crippen LogP contribution is 2.23. The highest BCUT2D eigenvalue weighted by atomic mass is 16.3. The quantitative estimate of drug-likeness (QED) is 0.886. The number of carbonyl (C=O) groups excluding carboxylic acids is 1. The van der Waals surface area contributed by atoms with Gasteiger partial charge in [-0.3, -0.25) is 4.79 Å². The average Bonchev–Trinajstić information content (AvgIpc) is 2.81. The minimum atomic E-state index is -0.487. The standard InChI is InChI=1S/C14H19N3O2/c1-4-10(15)13(18)16-9-5-6-12-11(7-9)17-14(19-12)8(2)3/h5-8,10H,4,15H2,1-3H3,(H,16,18). The number of aromatic nitrogens is 1. The molecule has 1 heterocycles. The van der Waals surface area contributed by atoms with Gasteiger partial charge < -0.3 is 15.5 Å². The number of amides is 1. The topological polar surface area (TPSA) is 81.2 Å². The molecule has 5 nitrogen and oxygen atoms in total. The first kappa shape index (κ1) is 13.5. The van der Waals surface area contributed by atoms with Gasteiger partial charge >= 0.3 is 0 Å². The van der Waals surface area contributed by atoms with E-state index in [-0.39, 0.29) is 11.8 Å². The van der Waals surface area contributed by atoms with Gasteiger partial charge in [-0.2, -0.15) is 0 Å². The third-order valence-electron chi connectivity index (χ3n) is 2.94. The zero-order valence-electron chi connectivity index (χ0n) is 11.4. The van der Waals surface area contributed by atoms with Crippen LogP contribution < -0.4 is 11.1 Å². The maximum Gasteiger partial charge on any atom is 0.241 e. The van der Waals surface area contributed by atoms with Crippen molar-refractivity contribution >= 4 is 22.7 Å². The van der Waals surface area contributed by atoms with Crippen LogP contribution in [0.3, 0.4) is 0 Å². The Morgan fingerprint density at radius 3 is 2.84 bits per heavy atom. The summed E-state index contributed by atoms with van der Waals surface area (Å²) in [6, 6.07) is 4.91. The van der Waals surface area contributed by atoms with Crippen LogP contribution in [-0.4, -0.2) is 16.9 Å². The number of nitrogens with two attached hydrogens (primary N) is 1. The van der Waals surface area contributed by atoms with Crippen LogP contribution in [0.1, 0.15) is 39.0 Å². The zero-order valence-corrected chi connectivity index (χ0v) is 11.4. The molecule has 1 aromatic heterocycles. The van der Waals surface area contributed by atoms with Crippen molar-refractivity contribution in [3.63, 3.8) is 0 Å². The van der Waals surface area contributed by atoms with Crippen LogP contribution in [0, 0.1) is 0 Å². The summed E-state index contributed by atoms with van der Waals surface area (Å²) in [5, 5.41) is 2.78. The minimum Gasteiger partial charge on any atom is -0.440 e. The van der Waals surface area contributed by atoms with E-state index >= 15 is 0 Å². The summed E-state index contributed by atoms with van der Waals surface area (Å²) in [6.07, 6.45) is 0.607. The first-order valence-electron chi connectivity index (χ1n) is 6.48. The molecule has 1 aromatic carbocycles. The van der Waals surface area contributed by atoms with E-state index in [1.54, 1.807) is 18.2 Å². The number of nitrogens with one attached hydrogen (secondary N) is 1. The Balaban J connectivity index is 2.24. The normalized spacial score (nSPS) is 12.9. The smallest absolute Gasteiger partial charge is 0.241 e. The Kier molecular flexibility index (Phi) is 3.85. The number of oxazole rings is 1. The van der Waals surface area contributed by atoms with Crippen LogP contribution in [0.2, 0.25) is 0 Å². The number of benzene rings is 1. The van der Waals surface area contributed by atoms with E-state index < -0.39 is 6.04 Å². The predicted octanol–water partition coefficient (Wildman–Crippen LogP) is 2.63. The maximum atomic E-state index is 11.7. The molecule has 2 aromatic rings. The Bertz CT molecular complexity index is 589. The molecule has 102 valence electrons. The fourth-order valence-electron chi connectivity index (χ4n) is 1.69.